The van der Waals surface area contributed by atoms with Gasteiger partial charge in [-0.1, -0.05) is 18.2 Å². The maximum atomic E-state index is 13.5. The van der Waals surface area contributed by atoms with Gasteiger partial charge in [-0.15, -0.1) is 0 Å². The van der Waals surface area contributed by atoms with E-state index in [0.29, 0.717) is 5.56 Å². The van der Waals surface area contributed by atoms with Crippen LogP contribution in [0.15, 0.2) is 42.5 Å². The Bertz CT molecular complexity index is 882. The summed E-state index contributed by atoms with van der Waals surface area (Å²) in [6.45, 7) is -0.611. The molecule has 0 bridgehead atoms. The summed E-state index contributed by atoms with van der Waals surface area (Å²) in [4.78, 5) is 35.6. The number of carbonyl (C=O) groups excluding carboxylic acids is 3. The van der Waals surface area contributed by atoms with Crippen molar-refractivity contribution < 1.29 is 23.5 Å². The first-order valence-corrected chi connectivity index (χ1v) is 8.67. The van der Waals surface area contributed by atoms with Crippen LogP contribution in [-0.4, -0.2) is 24.5 Å². The number of nitrogens with one attached hydrogen (secondary N) is 2. The van der Waals surface area contributed by atoms with E-state index >= 15 is 0 Å². The molecule has 7 heteroatoms. The van der Waals surface area contributed by atoms with Gasteiger partial charge in [-0.25, -0.2) is 14.0 Å². The van der Waals surface area contributed by atoms with Crippen LogP contribution < -0.4 is 10.6 Å². The number of aryl methyl sites for hydroxylation is 2. The van der Waals surface area contributed by atoms with Crippen LogP contribution in [0.25, 0.3) is 0 Å². The predicted molar refractivity (Wildman–Crippen MR) is 96.9 cm³/mol. The molecule has 2 N–H and O–H groups in total. The first kappa shape index (κ1) is 18.6. The van der Waals surface area contributed by atoms with Crippen molar-refractivity contribution >= 4 is 23.6 Å². The van der Waals surface area contributed by atoms with E-state index < -0.39 is 30.3 Å². The Labute approximate surface area is 155 Å². The van der Waals surface area contributed by atoms with Crippen molar-refractivity contribution in [2.24, 2.45) is 0 Å². The third-order valence-corrected chi connectivity index (χ3v) is 4.29. The summed E-state index contributed by atoms with van der Waals surface area (Å²) in [6.07, 6.45) is 4.16. The molecular formula is C20H19FN2O4. The normalized spacial score (nSPS) is 12.6. The van der Waals surface area contributed by atoms with Crippen LogP contribution in [0.4, 0.5) is 14.9 Å². The second kappa shape index (κ2) is 8.44. The summed E-state index contributed by atoms with van der Waals surface area (Å²) in [5.74, 6) is -2.07. The van der Waals surface area contributed by atoms with E-state index in [1.54, 1.807) is 18.2 Å². The monoisotopic (exact) mass is 370 g/mol. The van der Waals surface area contributed by atoms with E-state index in [9.17, 15) is 18.8 Å². The molecule has 0 unspecified atom stereocenters. The van der Waals surface area contributed by atoms with Gasteiger partial charge in [0.25, 0.3) is 5.91 Å². The van der Waals surface area contributed by atoms with E-state index in [-0.39, 0.29) is 5.69 Å². The first-order chi connectivity index (χ1) is 13.0. The minimum atomic E-state index is -0.907. The number of hydrogen-bond donors (Lipinski definition) is 2. The van der Waals surface area contributed by atoms with Gasteiger partial charge in [0.1, 0.15) is 5.82 Å². The Hall–Kier alpha value is -3.22. The molecule has 6 nitrogen and oxygen atoms in total. The molecule has 0 spiro atoms. The maximum Gasteiger partial charge on any atom is 0.338 e. The van der Waals surface area contributed by atoms with Crippen LogP contribution in [0.1, 0.15) is 34.3 Å². The summed E-state index contributed by atoms with van der Waals surface area (Å²) < 4.78 is 18.4. The number of rotatable bonds is 4. The Morgan fingerprint density at radius 1 is 1.00 bits per heavy atom. The number of benzene rings is 2. The number of urea groups is 1. The standard InChI is InChI=1S/C20H19FN2O4/c21-16-7-3-4-8-17(16)22-20(26)23-18(24)12-27-19(25)15-10-9-13-5-1-2-6-14(13)11-15/h3-4,7-11H,1-2,5-6,12H2,(H2,22,23,24,26). The lowest BCUT2D eigenvalue weighted by Crippen LogP contribution is -2.37. The fourth-order valence-electron chi connectivity index (χ4n) is 2.95. The van der Waals surface area contributed by atoms with E-state index in [1.165, 1.54) is 23.8 Å². The van der Waals surface area contributed by atoms with Crippen molar-refractivity contribution in [3.63, 3.8) is 0 Å². The largest absolute Gasteiger partial charge is 0.452 e. The van der Waals surface area contributed by atoms with Gasteiger partial charge in [0.2, 0.25) is 0 Å². The molecule has 0 radical (unpaired) electrons. The highest BCUT2D eigenvalue weighted by Gasteiger charge is 2.16. The summed E-state index contributed by atoms with van der Waals surface area (Å²) in [5, 5.41) is 4.19. The van der Waals surface area contributed by atoms with Crippen molar-refractivity contribution in [2.45, 2.75) is 25.7 Å². The number of amides is 3. The van der Waals surface area contributed by atoms with Crippen molar-refractivity contribution in [3.8, 4) is 0 Å². The Morgan fingerprint density at radius 3 is 2.52 bits per heavy atom. The lowest BCUT2D eigenvalue weighted by atomic mass is 9.90. The number of anilines is 1. The number of para-hydroxylation sites is 1. The average Bonchev–Trinajstić information content (AvgIpc) is 2.67. The molecule has 2 aromatic rings. The minimum absolute atomic E-state index is 0.0612. The molecule has 3 amide bonds. The van der Waals surface area contributed by atoms with Gasteiger partial charge < -0.3 is 10.1 Å². The number of hydrogen-bond acceptors (Lipinski definition) is 4. The number of imide groups is 1. The molecule has 1 aliphatic carbocycles. The number of esters is 1. The van der Waals surface area contributed by atoms with E-state index in [0.717, 1.165) is 31.2 Å². The highest BCUT2D eigenvalue weighted by molar-refractivity contribution is 6.02. The summed E-state index contributed by atoms with van der Waals surface area (Å²) in [7, 11) is 0. The van der Waals surface area contributed by atoms with Gasteiger partial charge in [-0.05, 0) is 61.1 Å². The number of halogens is 1. The zero-order valence-corrected chi connectivity index (χ0v) is 14.6. The van der Waals surface area contributed by atoms with Crippen LogP contribution >= 0.6 is 0 Å². The van der Waals surface area contributed by atoms with Crippen LogP contribution in [0, 0.1) is 5.82 Å². The zero-order chi connectivity index (χ0) is 19.2. The minimum Gasteiger partial charge on any atom is -0.452 e. The number of ether oxygens (including phenoxy) is 1. The SMILES string of the molecule is O=C(COC(=O)c1ccc2c(c1)CCCC2)NC(=O)Nc1ccccc1F. The van der Waals surface area contributed by atoms with Crippen LogP contribution in [0.5, 0.6) is 0 Å². The predicted octanol–water partition coefficient (Wildman–Crippen LogP) is 3.21. The fourth-order valence-corrected chi connectivity index (χ4v) is 2.95. The van der Waals surface area contributed by atoms with Gasteiger partial charge in [-0.3, -0.25) is 10.1 Å². The second-order valence-corrected chi connectivity index (χ2v) is 6.25. The third-order valence-electron chi connectivity index (χ3n) is 4.29. The summed E-state index contributed by atoms with van der Waals surface area (Å²) >= 11 is 0. The molecule has 0 saturated carbocycles. The van der Waals surface area contributed by atoms with Crippen molar-refractivity contribution in [1.82, 2.24) is 5.32 Å². The molecular weight excluding hydrogens is 351 g/mol. The number of fused-ring (bicyclic) bond motifs is 1. The van der Waals surface area contributed by atoms with Crippen LogP contribution in [0.2, 0.25) is 0 Å². The fraction of sp³-hybridized carbons (Fsp3) is 0.250. The Balaban J connectivity index is 1.49. The highest BCUT2D eigenvalue weighted by Crippen LogP contribution is 2.22. The molecule has 0 fully saturated rings. The van der Waals surface area contributed by atoms with E-state index in [4.69, 9.17) is 4.74 Å². The molecule has 3 rings (SSSR count). The van der Waals surface area contributed by atoms with Gasteiger partial charge in [0, 0.05) is 0 Å². The number of carbonyl (C=O) groups is 3. The van der Waals surface area contributed by atoms with Gasteiger partial charge in [0.15, 0.2) is 6.61 Å². The summed E-state index contributed by atoms with van der Waals surface area (Å²) in [6, 6.07) is 10.0. The summed E-state index contributed by atoms with van der Waals surface area (Å²) in [5.41, 5.74) is 2.68. The van der Waals surface area contributed by atoms with Crippen molar-refractivity contribution in [1.29, 1.82) is 0 Å². The Morgan fingerprint density at radius 2 is 1.74 bits per heavy atom. The van der Waals surface area contributed by atoms with Gasteiger partial charge >= 0.3 is 12.0 Å². The lowest BCUT2D eigenvalue weighted by Gasteiger charge is -2.16. The molecule has 140 valence electrons. The van der Waals surface area contributed by atoms with Crippen LogP contribution in [-0.2, 0) is 22.4 Å². The molecule has 0 aliphatic heterocycles. The molecule has 2 aromatic carbocycles. The van der Waals surface area contributed by atoms with E-state index in [1.807, 2.05) is 11.4 Å². The first-order valence-electron chi connectivity index (χ1n) is 8.67. The van der Waals surface area contributed by atoms with Gasteiger partial charge in [-0.2, -0.15) is 0 Å². The molecule has 1 aliphatic rings. The van der Waals surface area contributed by atoms with Crippen LogP contribution in [0.3, 0.4) is 0 Å². The molecule has 27 heavy (non-hydrogen) atoms. The molecule has 0 heterocycles. The van der Waals surface area contributed by atoms with E-state index in [2.05, 4.69) is 5.32 Å². The Kier molecular flexibility index (Phi) is 5.80. The topological polar surface area (TPSA) is 84.5 Å². The quantitative estimate of drug-likeness (QED) is 0.810. The average molecular weight is 370 g/mol. The molecule has 0 aromatic heterocycles. The maximum absolute atomic E-state index is 13.5. The lowest BCUT2D eigenvalue weighted by molar-refractivity contribution is -0.123. The second-order valence-electron chi connectivity index (χ2n) is 6.25. The molecule has 0 saturated heterocycles. The third kappa shape index (κ3) is 4.91. The van der Waals surface area contributed by atoms with Gasteiger partial charge in [0.05, 0.1) is 11.3 Å². The molecule has 0 atom stereocenters. The van der Waals surface area contributed by atoms with Crippen molar-refractivity contribution in [3.05, 3.63) is 65.0 Å². The zero-order valence-electron chi connectivity index (χ0n) is 14.6. The smallest absolute Gasteiger partial charge is 0.338 e. The van der Waals surface area contributed by atoms with Crippen molar-refractivity contribution in [2.75, 3.05) is 11.9 Å². The highest BCUT2D eigenvalue weighted by atomic mass is 19.1.